The largest absolute Gasteiger partial charge is 0.0651 e. The summed E-state index contributed by atoms with van der Waals surface area (Å²) in [6.07, 6.45) is 10.8. The summed E-state index contributed by atoms with van der Waals surface area (Å²) in [5, 5.41) is 0. The summed E-state index contributed by atoms with van der Waals surface area (Å²) in [6.45, 7) is 4.96. The van der Waals surface area contributed by atoms with Gasteiger partial charge >= 0.3 is 0 Å². The Labute approximate surface area is 88.5 Å². The average molecular weight is 192 g/mol. The van der Waals surface area contributed by atoms with Gasteiger partial charge in [0.25, 0.3) is 0 Å². The molecule has 0 saturated heterocycles. The van der Waals surface area contributed by atoms with E-state index in [0.717, 1.165) is 29.1 Å². The molecular formula is C14H24. The second kappa shape index (κ2) is 3.00. The van der Waals surface area contributed by atoms with Crippen LogP contribution >= 0.6 is 0 Å². The minimum atomic E-state index is 0.872. The Bertz CT molecular complexity index is 232. The van der Waals surface area contributed by atoms with Crippen LogP contribution in [0.4, 0.5) is 0 Å². The molecular weight excluding hydrogens is 168 g/mol. The van der Waals surface area contributed by atoms with E-state index in [9.17, 15) is 0 Å². The van der Waals surface area contributed by atoms with Crippen molar-refractivity contribution in [1.82, 2.24) is 0 Å². The van der Waals surface area contributed by atoms with Crippen LogP contribution in [0.3, 0.4) is 0 Å². The van der Waals surface area contributed by atoms with E-state index in [2.05, 4.69) is 13.8 Å². The molecule has 0 bridgehead atoms. The standard InChI is InChI=1S/C14H24/c1-3-11-7-8-12-6-4-5-9-14(12)10(2)13(11)14/h10-13H,3-9H2,1-2H3. The molecule has 3 saturated carbocycles. The Hall–Kier alpha value is 0. The van der Waals surface area contributed by atoms with Gasteiger partial charge in [-0.25, -0.2) is 0 Å². The van der Waals surface area contributed by atoms with Crippen LogP contribution in [-0.4, -0.2) is 0 Å². The SMILES string of the molecule is CCC1CCC2CCCCC23C(C)C13. The van der Waals surface area contributed by atoms with Crippen LogP contribution in [0.2, 0.25) is 0 Å². The van der Waals surface area contributed by atoms with Crippen molar-refractivity contribution in [3.05, 3.63) is 0 Å². The molecule has 0 aliphatic heterocycles. The molecule has 3 rings (SSSR count). The average Bonchev–Trinajstić information content (AvgIpc) is 2.83. The third-order valence-electron chi connectivity index (χ3n) is 5.99. The lowest BCUT2D eigenvalue weighted by atomic mass is 9.66. The van der Waals surface area contributed by atoms with Gasteiger partial charge in [0.05, 0.1) is 0 Å². The summed E-state index contributed by atoms with van der Waals surface area (Å²) >= 11 is 0. The highest BCUT2D eigenvalue weighted by Gasteiger charge is 2.68. The van der Waals surface area contributed by atoms with Crippen molar-refractivity contribution in [2.24, 2.45) is 29.1 Å². The summed E-state index contributed by atoms with van der Waals surface area (Å²) in [5.74, 6) is 4.46. The van der Waals surface area contributed by atoms with Crippen molar-refractivity contribution in [3.8, 4) is 0 Å². The molecule has 0 heterocycles. The molecule has 1 spiro atoms. The van der Waals surface area contributed by atoms with Crippen LogP contribution in [0, 0.1) is 29.1 Å². The molecule has 3 fully saturated rings. The van der Waals surface area contributed by atoms with Gasteiger partial charge in [-0.3, -0.25) is 0 Å². The molecule has 0 aromatic heterocycles. The molecule has 0 aromatic carbocycles. The first-order valence-corrected chi connectivity index (χ1v) is 6.80. The van der Waals surface area contributed by atoms with Gasteiger partial charge in [-0.2, -0.15) is 0 Å². The second-order valence-electron chi connectivity index (χ2n) is 6.12. The predicted octanol–water partition coefficient (Wildman–Crippen LogP) is 4.25. The van der Waals surface area contributed by atoms with Crippen LogP contribution in [0.15, 0.2) is 0 Å². The van der Waals surface area contributed by atoms with Crippen molar-refractivity contribution in [2.75, 3.05) is 0 Å². The minimum Gasteiger partial charge on any atom is -0.0651 e. The van der Waals surface area contributed by atoms with Crippen LogP contribution in [-0.2, 0) is 0 Å². The normalized spacial score (nSPS) is 56.1. The fourth-order valence-corrected chi connectivity index (χ4v) is 5.34. The maximum absolute atomic E-state index is 2.55. The lowest BCUT2D eigenvalue weighted by Crippen LogP contribution is -2.30. The van der Waals surface area contributed by atoms with E-state index in [1.165, 1.54) is 19.3 Å². The molecule has 0 nitrogen and oxygen atoms in total. The molecule has 5 atom stereocenters. The van der Waals surface area contributed by atoms with Gasteiger partial charge in [0.2, 0.25) is 0 Å². The third kappa shape index (κ3) is 0.955. The Morgan fingerprint density at radius 3 is 2.79 bits per heavy atom. The Kier molecular flexibility index (Phi) is 1.98. The number of hydrogen-bond donors (Lipinski definition) is 0. The first-order chi connectivity index (χ1) is 6.80. The number of hydrogen-bond acceptors (Lipinski definition) is 0. The smallest absolute Gasteiger partial charge is 0.0207 e. The lowest BCUT2D eigenvalue weighted by Gasteiger charge is -2.39. The van der Waals surface area contributed by atoms with Gasteiger partial charge in [-0.15, -0.1) is 0 Å². The van der Waals surface area contributed by atoms with E-state index in [4.69, 9.17) is 0 Å². The van der Waals surface area contributed by atoms with Gasteiger partial charge in [0, 0.05) is 0 Å². The van der Waals surface area contributed by atoms with E-state index in [-0.39, 0.29) is 0 Å². The highest BCUT2D eigenvalue weighted by Crippen LogP contribution is 2.75. The maximum Gasteiger partial charge on any atom is -0.0207 e. The van der Waals surface area contributed by atoms with Crippen molar-refractivity contribution < 1.29 is 0 Å². The summed E-state index contributed by atoms with van der Waals surface area (Å²) in [6, 6.07) is 0. The highest BCUT2D eigenvalue weighted by atomic mass is 14.7. The number of rotatable bonds is 1. The van der Waals surface area contributed by atoms with Crippen molar-refractivity contribution in [2.45, 2.75) is 58.8 Å². The van der Waals surface area contributed by atoms with E-state index in [1.807, 2.05) is 0 Å². The van der Waals surface area contributed by atoms with Crippen LogP contribution < -0.4 is 0 Å². The van der Waals surface area contributed by atoms with Crippen LogP contribution in [0.5, 0.6) is 0 Å². The van der Waals surface area contributed by atoms with Gasteiger partial charge in [-0.05, 0) is 54.8 Å². The molecule has 0 amide bonds. The lowest BCUT2D eigenvalue weighted by molar-refractivity contribution is 0.109. The van der Waals surface area contributed by atoms with E-state index in [0.29, 0.717) is 0 Å². The fourth-order valence-electron chi connectivity index (χ4n) is 5.34. The third-order valence-corrected chi connectivity index (χ3v) is 5.99. The molecule has 0 heteroatoms. The molecule has 0 N–H and O–H groups in total. The quantitative estimate of drug-likeness (QED) is 0.582. The van der Waals surface area contributed by atoms with Gasteiger partial charge in [0.15, 0.2) is 0 Å². The zero-order chi connectivity index (χ0) is 9.76. The zero-order valence-corrected chi connectivity index (χ0v) is 9.76. The molecule has 0 radical (unpaired) electrons. The van der Waals surface area contributed by atoms with Gasteiger partial charge in [0.1, 0.15) is 0 Å². The monoisotopic (exact) mass is 192 g/mol. The first kappa shape index (κ1) is 9.24. The molecule has 5 unspecified atom stereocenters. The minimum absolute atomic E-state index is 0.872. The summed E-state index contributed by atoms with van der Waals surface area (Å²) in [7, 11) is 0. The van der Waals surface area contributed by atoms with E-state index in [1.54, 1.807) is 25.7 Å². The predicted molar refractivity (Wildman–Crippen MR) is 60.1 cm³/mol. The maximum atomic E-state index is 2.55. The van der Waals surface area contributed by atoms with Crippen molar-refractivity contribution >= 4 is 0 Å². The Morgan fingerprint density at radius 1 is 1.14 bits per heavy atom. The molecule has 0 aromatic rings. The zero-order valence-electron chi connectivity index (χ0n) is 9.76. The Balaban J connectivity index is 1.85. The molecule has 3 aliphatic rings. The summed E-state index contributed by atoms with van der Waals surface area (Å²) in [5.41, 5.74) is 0.872. The van der Waals surface area contributed by atoms with Crippen molar-refractivity contribution in [3.63, 3.8) is 0 Å². The van der Waals surface area contributed by atoms with Gasteiger partial charge in [-0.1, -0.05) is 33.1 Å². The van der Waals surface area contributed by atoms with Gasteiger partial charge < -0.3 is 0 Å². The highest BCUT2D eigenvalue weighted by molar-refractivity contribution is 5.16. The van der Waals surface area contributed by atoms with E-state index >= 15 is 0 Å². The fraction of sp³-hybridized carbons (Fsp3) is 1.00. The summed E-state index contributed by atoms with van der Waals surface area (Å²) < 4.78 is 0. The molecule has 14 heavy (non-hydrogen) atoms. The molecule has 3 aliphatic carbocycles. The summed E-state index contributed by atoms with van der Waals surface area (Å²) in [4.78, 5) is 0. The van der Waals surface area contributed by atoms with Crippen molar-refractivity contribution in [1.29, 1.82) is 0 Å². The van der Waals surface area contributed by atoms with Crippen LogP contribution in [0.1, 0.15) is 58.8 Å². The van der Waals surface area contributed by atoms with E-state index < -0.39 is 0 Å². The van der Waals surface area contributed by atoms with Crippen LogP contribution in [0.25, 0.3) is 0 Å². The molecule has 80 valence electrons. The second-order valence-corrected chi connectivity index (χ2v) is 6.12. The first-order valence-electron chi connectivity index (χ1n) is 6.80. The topological polar surface area (TPSA) is 0 Å². The Morgan fingerprint density at radius 2 is 2.00 bits per heavy atom.